The highest BCUT2D eigenvalue weighted by molar-refractivity contribution is 9.09. The van der Waals surface area contributed by atoms with E-state index in [0.29, 0.717) is 17.4 Å². The Balaban J connectivity index is 1.93. The fourth-order valence-corrected chi connectivity index (χ4v) is 3.31. The van der Waals surface area contributed by atoms with Crippen LogP contribution in [0.4, 0.5) is 4.39 Å². The lowest BCUT2D eigenvalue weighted by Gasteiger charge is -2.07. The summed E-state index contributed by atoms with van der Waals surface area (Å²) in [5.74, 6) is 0.948. The third-order valence-electron chi connectivity index (χ3n) is 3.58. The molecule has 0 saturated heterocycles. The van der Waals surface area contributed by atoms with Gasteiger partial charge in [0.25, 0.3) is 0 Å². The molecule has 1 aliphatic carbocycles. The standard InChI is InChI=1S/C14H14BrFN2/c1-9-7-11(9)13(15)12-8-17-18(14(12)16)10-5-3-2-4-6-10/h2-6,8-9,11,13H,7H2,1H3. The topological polar surface area (TPSA) is 17.8 Å². The predicted molar refractivity (Wildman–Crippen MR) is 72.5 cm³/mol. The molecule has 1 saturated carbocycles. The average molecular weight is 309 g/mol. The first-order valence-electron chi connectivity index (χ1n) is 6.11. The second-order valence-corrected chi connectivity index (χ2v) is 5.90. The highest BCUT2D eigenvalue weighted by Crippen LogP contribution is 2.51. The zero-order valence-electron chi connectivity index (χ0n) is 10.1. The molecule has 2 nitrogen and oxygen atoms in total. The van der Waals surface area contributed by atoms with E-state index in [9.17, 15) is 4.39 Å². The maximum Gasteiger partial charge on any atom is 0.220 e. The Kier molecular flexibility index (Phi) is 2.98. The monoisotopic (exact) mass is 308 g/mol. The van der Waals surface area contributed by atoms with Crippen molar-refractivity contribution in [1.82, 2.24) is 9.78 Å². The summed E-state index contributed by atoms with van der Waals surface area (Å²) in [6.45, 7) is 2.19. The molecule has 18 heavy (non-hydrogen) atoms. The highest BCUT2D eigenvalue weighted by atomic mass is 79.9. The van der Waals surface area contributed by atoms with Crippen molar-refractivity contribution in [1.29, 1.82) is 0 Å². The van der Waals surface area contributed by atoms with Crippen LogP contribution < -0.4 is 0 Å². The van der Waals surface area contributed by atoms with E-state index in [2.05, 4.69) is 28.0 Å². The molecule has 4 heteroatoms. The summed E-state index contributed by atoms with van der Waals surface area (Å²) in [5, 5.41) is 4.15. The molecule has 3 unspecified atom stereocenters. The fraction of sp³-hybridized carbons (Fsp3) is 0.357. The highest BCUT2D eigenvalue weighted by Gasteiger charge is 2.40. The van der Waals surface area contributed by atoms with Crippen molar-refractivity contribution in [3.63, 3.8) is 0 Å². The van der Waals surface area contributed by atoms with Crippen molar-refractivity contribution < 1.29 is 4.39 Å². The Hall–Kier alpha value is -1.16. The van der Waals surface area contributed by atoms with Crippen molar-refractivity contribution in [3.05, 3.63) is 48.0 Å². The Morgan fingerprint density at radius 2 is 2.06 bits per heavy atom. The summed E-state index contributed by atoms with van der Waals surface area (Å²) in [7, 11) is 0. The largest absolute Gasteiger partial charge is 0.220 e. The number of nitrogens with zero attached hydrogens (tertiary/aromatic N) is 2. The van der Waals surface area contributed by atoms with Crippen molar-refractivity contribution >= 4 is 15.9 Å². The van der Waals surface area contributed by atoms with E-state index in [0.717, 1.165) is 12.1 Å². The third kappa shape index (κ3) is 1.99. The number of para-hydroxylation sites is 1. The maximum atomic E-state index is 14.4. The van der Waals surface area contributed by atoms with Gasteiger partial charge in [-0.1, -0.05) is 41.1 Å². The first-order chi connectivity index (χ1) is 8.68. The minimum Gasteiger partial charge on any atom is -0.206 e. The van der Waals surface area contributed by atoms with Gasteiger partial charge in [-0.3, -0.25) is 0 Å². The van der Waals surface area contributed by atoms with Gasteiger partial charge in [-0.2, -0.15) is 9.49 Å². The van der Waals surface area contributed by atoms with Gasteiger partial charge in [-0.25, -0.2) is 4.68 Å². The lowest BCUT2D eigenvalue weighted by molar-refractivity contribution is 0.521. The number of rotatable bonds is 3. The first-order valence-corrected chi connectivity index (χ1v) is 7.03. The Labute approximate surface area is 114 Å². The zero-order chi connectivity index (χ0) is 12.7. The van der Waals surface area contributed by atoms with Gasteiger partial charge in [0.2, 0.25) is 5.95 Å². The molecule has 1 aromatic carbocycles. The van der Waals surface area contributed by atoms with E-state index in [1.54, 1.807) is 6.20 Å². The van der Waals surface area contributed by atoms with Gasteiger partial charge in [0.1, 0.15) is 0 Å². The Bertz CT molecular complexity index is 552. The second-order valence-electron chi connectivity index (χ2n) is 4.92. The molecule has 1 aromatic heterocycles. The van der Waals surface area contributed by atoms with Crippen LogP contribution in [0.2, 0.25) is 0 Å². The molecule has 1 heterocycles. The molecule has 0 spiro atoms. The first kappa shape index (κ1) is 11.9. The summed E-state index contributed by atoms with van der Waals surface area (Å²) >= 11 is 3.60. The molecule has 0 amide bonds. The van der Waals surface area contributed by atoms with E-state index in [1.165, 1.54) is 4.68 Å². The number of benzene rings is 1. The van der Waals surface area contributed by atoms with Gasteiger partial charge in [0.05, 0.1) is 11.9 Å². The number of halogens is 2. The molecule has 94 valence electrons. The van der Waals surface area contributed by atoms with E-state index >= 15 is 0 Å². The SMILES string of the molecule is CC1CC1C(Br)c1cnn(-c2ccccc2)c1F. The minimum absolute atomic E-state index is 0.0740. The number of hydrogen-bond acceptors (Lipinski definition) is 1. The molecule has 3 rings (SSSR count). The lowest BCUT2D eigenvalue weighted by atomic mass is 10.1. The fourth-order valence-electron chi connectivity index (χ4n) is 2.27. The van der Waals surface area contributed by atoms with Crippen LogP contribution in [0.25, 0.3) is 5.69 Å². The molecule has 3 atom stereocenters. The summed E-state index contributed by atoms with van der Waals surface area (Å²) in [6.07, 6.45) is 2.79. The molecule has 0 bridgehead atoms. The van der Waals surface area contributed by atoms with Crippen LogP contribution in [0.15, 0.2) is 36.5 Å². The van der Waals surface area contributed by atoms with Gasteiger partial charge in [0.15, 0.2) is 0 Å². The van der Waals surface area contributed by atoms with E-state index in [4.69, 9.17) is 0 Å². The van der Waals surface area contributed by atoms with Gasteiger partial charge >= 0.3 is 0 Å². The summed E-state index contributed by atoms with van der Waals surface area (Å²) in [6, 6.07) is 9.37. The number of alkyl halides is 1. The van der Waals surface area contributed by atoms with E-state index in [-0.39, 0.29) is 10.8 Å². The second kappa shape index (κ2) is 4.50. The Morgan fingerprint density at radius 1 is 1.39 bits per heavy atom. The van der Waals surface area contributed by atoms with E-state index in [1.807, 2.05) is 30.3 Å². The molecule has 0 N–H and O–H groups in total. The van der Waals surface area contributed by atoms with Crippen LogP contribution in [-0.4, -0.2) is 9.78 Å². The molecule has 1 aliphatic rings. The van der Waals surface area contributed by atoms with E-state index < -0.39 is 0 Å². The van der Waals surface area contributed by atoms with Gasteiger partial charge < -0.3 is 0 Å². The molecular weight excluding hydrogens is 295 g/mol. The van der Waals surface area contributed by atoms with Crippen LogP contribution in [0.5, 0.6) is 0 Å². The zero-order valence-corrected chi connectivity index (χ0v) is 11.6. The molecule has 2 aromatic rings. The predicted octanol–water partition coefficient (Wildman–Crippen LogP) is 4.10. The van der Waals surface area contributed by atoms with Crippen molar-refractivity contribution in [2.24, 2.45) is 11.8 Å². The normalized spacial score (nSPS) is 23.9. The van der Waals surface area contributed by atoms with Crippen molar-refractivity contribution in [3.8, 4) is 5.69 Å². The van der Waals surface area contributed by atoms with Crippen LogP contribution in [0.3, 0.4) is 0 Å². The Morgan fingerprint density at radius 3 is 2.67 bits per heavy atom. The van der Waals surface area contributed by atoms with Crippen LogP contribution in [-0.2, 0) is 0 Å². The average Bonchev–Trinajstić information content (AvgIpc) is 2.99. The molecular formula is C14H14BrFN2. The minimum atomic E-state index is -0.262. The lowest BCUT2D eigenvalue weighted by Crippen LogP contribution is -2.02. The van der Waals surface area contributed by atoms with Crippen molar-refractivity contribution in [2.45, 2.75) is 18.2 Å². The smallest absolute Gasteiger partial charge is 0.206 e. The molecule has 0 radical (unpaired) electrons. The van der Waals surface area contributed by atoms with Crippen LogP contribution >= 0.6 is 15.9 Å². The number of hydrogen-bond donors (Lipinski definition) is 0. The number of aromatic nitrogens is 2. The molecule has 0 aliphatic heterocycles. The third-order valence-corrected chi connectivity index (χ3v) is 4.75. The summed E-state index contributed by atoms with van der Waals surface area (Å²) < 4.78 is 15.7. The quantitative estimate of drug-likeness (QED) is 0.780. The molecule has 1 fully saturated rings. The maximum absolute atomic E-state index is 14.4. The van der Waals surface area contributed by atoms with Gasteiger partial charge in [0, 0.05) is 10.4 Å². The summed E-state index contributed by atoms with van der Waals surface area (Å²) in [4.78, 5) is 0.0740. The van der Waals surface area contributed by atoms with Crippen LogP contribution in [0.1, 0.15) is 23.7 Å². The van der Waals surface area contributed by atoms with Gasteiger partial charge in [-0.05, 0) is 30.4 Å². The van der Waals surface area contributed by atoms with Gasteiger partial charge in [-0.15, -0.1) is 0 Å². The van der Waals surface area contributed by atoms with Crippen molar-refractivity contribution in [2.75, 3.05) is 0 Å². The summed E-state index contributed by atoms with van der Waals surface area (Å²) in [5.41, 5.74) is 1.41. The van der Waals surface area contributed by atoms with Crippen LogP contribution in [0, 0.1) is 17.8 Å².